The predicted octanol–water partition coefficient (Wildman–Crippen LogP) is 4.00. The Morgan fingerprint density at radius 2 is 1.83 bits per heavy atom. The maximum atomic E-state index is 12.3. The summed E-state index contributed by atoms with van der Waals surface area (Å²) in [5.74, 6) is 0.655. The number of nitrogens with zero attached hydrogens (tertiary/aromatic N) is 1. The minimum atomic E-state index is -3.70. The van der Waals surface area contributed by atoms with Gasteiger partial charge < -0.3 is 10.6 Å². The highest BCUT2D eigenvalue weighted by atomic mass is 127. The van der Waals surface area contributed by atoms with Crippen molar-refractivity contribution >= 4 is 49.9 Å². The second kappa shape index (κ2) is 6.12. The van der Waals surface area contributed by atoms with Gasteiger partial charge in [0, 0.05) is 9.26 Å². The van der Waals surface area contributed by atoms with E-state index in [1.54, 1.807) is 12.1 Å². The molecule has 0 unspecified atom stereocenters. The zero-order chi connectivity index (χ0) is 16.6. The van der Waals surface area contributed by atoms with E-state index in [1.807, 2.05) is 30.3 Å². The Labute approximate surface area is 149 Å². The van der Waals surface area contributed by atoms with Crippen molar-refractivity contribution in [3.05, 3.63) is 51.6 Å². The van der Waals surface area contributed by atoms with E-state index in [-0.39, 0.29) is 10.9 Å². The number of halogens is 1. The molecule has 120 valence electrons. The Morgan fingerprint density at radius 3 is 2.48 bits per heavy atom. The summed E-state index contributed by atoms with van der Waals surface area (Å²) >= 11 is 2.10. The van der Waals surface area contributed by atoms with Crippen molar-refractivity contribution in [3.8, 4) is 0 Å². The molecule has 2 aromatic rings. The van der Waals surface area contributed by atoms with E-state index in [4.69, 9.17) is 0 Å². The van der Waals surface area contributed by atoms with Crippen LogP contribution in [-0.2, 0) is 10.0 Å². The van der Waals surface area contributed by atoms with Gasteiger partial charge in [0.1, 0.15) is 4.90 Å². The third kappa shape index (κ3) is 3.35. The van der Waals surface area contributed by atoms with Gasteiger partial charge in [-0.15, -0.1) is 4.40 Å². The predicted molar refractivity (Wildman–Crippen MR) is 102 cm³/mol. The van der Waals surface area contributed by atoms with Crippen LogP contribution >= 0.6 is 22.6 Å². The van der Waals surface area contributed by atoms with E-state index >= 15 is 0 Å². The van der Waals surface area contributed by atoms with Gasteiger partial charge in [-0.25, -0.2) is 0 Å². The normalized spacial score (nSPS) is 15.6. The van der Waals surface area contributed by atoms with E-state index in [1.165, 1.54) is 5.56 Å². The Morgan fingerprint density at radius 1 is 1.13 bits per heavy atom. The first-order chi connectivity index (χ1) is 10.9. The van der Waals surface area contributed by atoms with Crippen LogP contribution in [0.5, 0.6) is 0 Å². The summed E-state index contributed by atoms with van der Waals surface area (Å²) in [6, 6.07) is 13.0. The number of guanidine groups is 1. The van der Waals surface area contributed by atoms with Crippen LogP contribution in [0.2, 0.25) is 0 Å². The molecule has 2 aromatic carbocycles. The molecule has 0 saturated carbocycles. The van der Waals surface area contributed by atoms with Gasteiger partial charge in [0.15, 0.2) is 0 Å². The number of hydrogen-bond donors (Lipinski definition) is 2. The van der Waals surface area contributed by atoms with Gasteiger partial charge in [0.2, 0.25) is 5.96 Å². The molecular weight excluding hydrogens is 425 g/mol. The van der Waals surface area contributed by atoms with Gasteiger partial charge in [-0.1, -0.05) is 32.0 Å². The molecule has 2 N–H and O–H groups in total. The van der Waals surface area contributed by atoms with E-state index < -0.39 is 10.0 Å². The number of benzene rings is 2. The Hall–Kier alpha value is -1.61. The minimum Gasteiger partial charge on any atom is -0.325 e. The molecule has 7 heteroatoms. The molecule has 1 aliphatic heterocycles. The van der Waals surface area contributed by atoms with E-state index in [2.05, 4.69) is 51.5 Å². The molecular formula is C16H16IN3O2S. The largest absolute Gasteiger partial charge is 0.325 e. The van der Waals surface area contributed by atoms with Gasteiger partial charge in [0.05, 0.1) is 5.69 Å². The average Bonchev–Trinajstić information content (AvgIpc) is 2.48. The SMILES string of the molecule is CC(C)c1ccc(NC2=NS(=O)(=O)c3cccc(I)c3N2)cc1. The Balaban J connectivity index is 1.90. The maximum absolute atomic E-state index is 12.3. The van der Waals surface area contributed by atoms with Crippen molar-refractivity contribution in [1.29, 1.82) is 0 Å². The lowest BCUT2D eigenvalue weighted by atomic mass is 10.0. The molecule has 0 aromatic heterocycles. The van der Waals surface area contributed by atoms with Crippen LogP contribution in [0.15, 0.2) is 51.8 Å². The number of fused-ring (bicyclic) bond motifs is 1. The molecule has 23 heavy (non-hydrogen) atoms. The van der Waals surface area contributed by atoms with E-state index in [0.29, 0.717) is 11.6 Å². The molecule has 1 heterocycles. The lowest BCUT2D eigenvalue weighted by Crippen LogP contribution is -2.28. The summed E-state index contributed by atoms with van der Waals surface area (Å²) < 4.78 is 29.2. The molecule has 0 aliphatic carbocycles. The first-order valence-corrected chi connectivity index (χ1v) is 9.66. The Bertz CT molecular complexity index is 875. The Kier molecular flexibility index (Phi) is 4.33. The van der Waals surface area contributed by atoms with Crippen molar-refractivity contribution in [1.82, 2.24) is 0 Å². The molecule has 5 nitrogen and oxygen atoms in total. The van der Waals surface area contributed by atoms with Crippen molar-refractivity contribution in [2.75, 3.05) is 10.6 Å². The number of sulfonamides is 1. The first-order valence-electron chi connectivity index (χ1n) is 7.14. The lowest BCUT2D eigenvalue weighted by molar-refractivity contribution is 0.597. The highest BCUT2D eigenvalue weighted by molar-refractivity contribution is 14.1. The fourth-order valence-electron chi connectivity index (χ4n) is 2.29. The summed E-state index contributed by atoms with van der Waals surface area (Å²) in [5.41, 5.74) is 2.57. The van der Waals surface area contributed by atoms with Crippen LogP contribution in [0.25, 0.3) is 0 Å². The van der Waals surface area contributed by atoms with Crippen LogP contribution in [-0.4, -0.2) is 14.4 Å². The maximum Gasteiger partial charge on any atom is 0.287 e. The quantitative estimate of drug-likeness (QED) is 0.692. The summed E-state index contributed by atoms with van der Waals surface area (Å²) in [7, 11) is -3.70. The second-order valence-electron chi connectivity index (χ2n) is 5.55. The van der Waals surface area contributed by atoms with Gasteiger partial charge in [-0.05, 0) is 58.3 Å². The smallest absolute Gasteiger partial charge is 0.287 e. The van der Waals surface area contributed by atoms with Crippen molar-refractivity contribution in [2.24, 2.45) is 4.40 Å². The highest BCUT2D eigenvalue weighted by Crippen LogP contribution is 2.31. The third-order valence-electron chi connectivity index (χ3n) is 3.55. The minimum absolute atomic E-state index is 0.199. The van der Waals surface area contributed by atoms with Crippen molar-refractivity contribution in [2.45, 2.75) is 24.7 Å². The second-order valence-corrected chi connectivity index (χ2v) is 8.29. The van der Waals surface area contributed by atoms with Gasteiger partial charge in [-0.2, -0.15) is 8.42 Å². The monoisotopic (exact) mass is 441 g/mol. The first kappa shape index (κ1) is 16.3. The van der Waals surface area contributed by atoms with Crippen LogP contribution in [0, 0.1) is 3.57 Å². The molecule has 0 amide bonds. The van der Waals surface area contributed by atoms with Gasteiger partial charge in [0.25, 0.3) is 10.0 Å². The zero-order valence-corrected chi connectivity index (χ0v) is 15.6. The number of rotatable bonds is 2. The highest BCUT2D eigenvalue weighted by Gasteiger charge is 2.26. The standard InChI is InChI=1S/C16H16IN3O2S/c1-10(2)11-6-8-12(9-7-11)18-16-19-15-13(17)4-3-5-14(15)23(21,22)20-16/h3-10H,1-2H3,(H2,18,19,20). The fourth-order valence-corrected chi connectivity index (χ4v) is 4.21. The van der Waals surface area contributed by atoms with Gasteiger partial charge >= 0.3 is 0 Å². The molecule has 0 radical (unpaired) electrons. The molecule has 0 atom stereocenters. The molecule has 1 aliphatic rings. The topological polar surface area (TPSA) is 70.6 Å². The van der Waals surface area contributed by atoms with Crippen LogP contribution in [0.3, 0.4) is 0 Å². The van der Waals surface area contributed by atoms with Crippen molar-refractivity contribution < 1.29 is 8.42 Å². The molecule has 3 rings (SSSR count). The molecule has 0 spiro atoms. The lowest BCUT2D eigenvalue weighted by Gasteiger charge is -2.20. The van der Waals surface area contributed by atoms with Crippen LogP contribution < -0.4 is 10.6 Å². The van der Waals surface area contributed by atoms with Crippen LogP contribution in [0.1, 0.15) is 25.3 Å². The van der Waals surface area contributed by atoms with Gasteiger partial charge in [-0.3, -0.25) is 0 Å². The summed E-state index contributed by atoms with van der Waals surface area (Å²) in [5, 5.41) is 6.09. The zero-order valence-electron chi connectivity index (χ0n) is 12.7. The number of anilines is 2. The van der Waals surface area contributed by atoms with E-state index in [0.717, 1.165) is 9.26 Å². The molecule has 0 saturated heterocycles. The summed E-state index contributed by atoms with van der Waals surface area (Å²) in [6.45, 7) is 4.25. The summed E-state index contributed by atoms with van der Waals surface area (Å²) in [6.07, 6.45) is 0. The number of nitrogens with one attached hydrogen (secondary N) is 2. The summed E-state index contributed by atoms with van der Waals surface area (Å²) in [4.78, 5) is 0.199. The van der Waals surface area contributed by atoms with E-state index in [9.17, 15) is 8.42 Å². The third-order valence-corrected chi connectivity index (χ3v) is 5.77. The molecule has 0 fully saturated rings. The number of hydrogen-bond acceptors (Lipinski definition) is 4. The van der Waals surface area contributed by atoms with Crippen molar-refractivity contribution in [3.63, 3.8) is 0 Å². The fraction of sp³-hybridized carbons (Fsp3) is 0.188. The average molecular weight is 441 g/mol. The molecule has 0 bridgehead atoms. The number of para-hydroxylation sites is 1. The van der Waals surface area contributed by atoms with Crippen LogP contribution in [0.4, 0.5) is 11.4 Å².